The van der Waals surface area contributed by atoms with E-state index in [-0.39, 0.29) is 24.4 Å². The molecule has 8 heteroatoms. The standard InChI is InChI=1S/C19H23ClN4O2.ClH/c20-14-3-1-5-16(11-14)26-17-6-9-23(13-17)19(25)18-7-10-24(22-18)15-4-2-8-21-12-15;/h1,3,5,7,10-11,15,17,21H,2,4,6,8-9,12-13H2;1H. The fourth-order valence-corrected chi connectivity index (χ4v) is 3.80. The van der Waals surface area contributed by atoms with E-state index in [9.17, 15) is 4.79 Å². The predicted octanol–water partition coefficient (Wildman–Crippen LogP) is 3.18. The average Bonchev–Trinajstić information content (AvgIpc) is 3.32. The molecule has 4 rings (SSSR count). The lowest BCUT2D eigenvalue weighted by Crippen LogP contribution is -2.33. The average molecular weight is 411 g/mol. The van der Waals surface area contributed by atoms with Crippen LogP contribution in [-0.2, 0) is 0 Å². The van der Waals surface area contributed by atoms with Crippen LogP contribution >= 0.6 is 24.0 Å². The number of likely N-dealkylation sites (tertiary alicyclic amines) is 1. The highest BCUT2D eigenvalue weighted by atomic mass is 35.5. The number of aromatic nitrogens is 2. The molecule has 1 aromatic carbocycles. The molecular weight excluding hydrogens is 387 g/mol. The van der Waals surface area contributed by atoms with Crippen LogP contribution in [0, 0.1) is 0 Å². The smallest absolute Gasteiger partial charge is 0.274 e. The van der Waals surface area contributed by atoms with Gasteiger partial charge in [-0.05, 0) is 43.7 Å². The van der Waals surface area contributed by atoms with Gasteiger partial charge >= 0.3 is 0 Å². The van der Waals surface area contributed by atoms with Gasteiger partial charge in [0.15, 0.2) is 0 Å². The van der Waals surface area contributed by atoms with Crippen LogP contribution in [0.15, 0.2) is 36.5 Å². The summed E-state index contributed by atoms with van der Waals surface area (Å²) in [5.41, 5.74) is 0.513. The summed E-state index contributed by atoms with van der Waals surface area (Å²) in [6.07, 6.45) is 4.96. The minimum atomic E-state index is -0.0234. The second-order valence-corrected chi connectivity index (χ2v) is 7.35. The third-order valence-corrected chi connectivity index (χ3v) is 5.24. The zero-order valence-corrected chi connectivity index (χ0v) is 16.6. The van der Waals surface area contributed by atoms with Crippen molar-refractivity contribution in [2.45, 2.75) is 31.4 Å². The van der Waals surface area contributed by atoms with Crippen molar-refractivity contribution in [3.05, 3.63) is 47.2 Å². The number of halogens is 2. The first-order chi connectivity index (χ1) is 12.7. The Kier molecular flexibility index (Phi) is 6.63. The van der Waals surface area contributed by atoms with Crippen LogP contribution in [0.25, 0.3) is 0 Å². The van der Waals surface area contributed by atoms with Crippen LogP contribution in [0.3, 0.4) is 0 Å². The van der Waals surface area contributed by atoms with Crippen LogP contribution in [-0.4, -0.2) is 52.9 Å². The molecule has 0 saturated carbocycles. The number of benzene rings is 1. The first kappa shape index (κ1) is 20.0. The van der Waals surface area contributed by atoms with E-state index in [1.54, 1.807) is 6.07 Å². The van der Waals surface area contributed by atoms with Gasteiger partial charge < -0.3 is 15.0 Å². The number of nitrogens with zero attached hydrogens (tertiary/aromatic N) is 3. The summed E-state index contributed by atoms with van der Waals surface area (Å²) >= 11 is 6.00. The summed E-state index contributed by atoms with van der Waals surface area (Å²) in [5, 5.41) is 8.55. The van der Waals surface area contributed by atoms with Crippen molar-refractivity contribution in [3.63, 3.8) is 0 Å². The van der Waals surface area contributed by atoms with Crippen molar-refractivity contribution in [3.8, 4) is 5.75 Å². The lowest BCUT2D eigenvalue weighted by atomic mass is 10.1. The van der Waals surface area contributed by atoms with Crippen molar-refractivity contribution < 1.29 is 9.53 Å². The van der Waals surface area contributed by atoms with Crippen molar-refractivity contribution in [2.75, 3.05) is 26.2 Å². The number of hydrogen-bond acceptors (Lipinski definition) is 4. The molecule has 2 unspecified atom stereocenters. The Balaban J connectivity index is 0.00000210. The fourth-order valence-electron chi connectivity index (χ4n) is 3.62. The minimum Gasteiger partial charge on any atom is -0.488 e. The van der Waals surface area contributed by atoms with Crippen molar-refractivity contribution in [1.82, 2.24) is 20.0 Å². The van der Waals surface area contributed by atoms with E-state index in [2.05, 4.69) is 10.4 Å². The van der Waals surface area contributed by atoms with E-state index in [0.717, 1.165) is 38.1 Å². The number of hydrogen-bond donors (Lipinski definition) is 1. The summed E-state index contributed by atoms with van der Waals surface area (Å²) < 4.78 is 7.89. The van der Waals surface area contributed by atoms with Gasteiger partial charge in [-0.25, -0.2) is 0 Å². The van der Waals surface area contributed by atoms with Gasteiger partial charge in [-0.3, -0.25) is 9.48 Å². The monoisotopic (exact) mass is 410 g/mol. The number of amides is 1. The first-order valence-electron chi connectivity index (χ1n) is 9.16. The molecule has 2 aromatic rings. The first-order valence-corrected chi connectivity index (χ1v) is 9.54. The van der Waals surface area contributed by atoms with Crippen molar-refractivity contribution in [1.29, 1.82) is 0 Å². The molecule has 2 atom stereocenters. The topological polar surface area (TPSA) is 59.4 Å². The summed E-state index contributed by atoms with van der Waals surface area (Å²) in [6.45, 7) is 3.23. The van der Waals surface area contributed by atoms with Gasteiger partial charge in [0.1, 0.15) is 17.5 Å². The van der Waals surface area contributed by atoms with E-state index >= 15 is 0 Å². The zero-order valence-electron chi connectivity index (χ0n) is 15.0. The summed E-state index contributed by atoms with van der Waals surface area (Å²) in [5.74, 6) is 0.718. The van der Waals surface area contributed by atoms with Gasteiger partial charge in [0.05, 0.1) is 12.6 Å². The molecule has 0 bridgehead atoms. The number of carbonyl (C=O) groups excluding carboxylic acids is 1. The van der Waals surface area contributed by atoms with Gasteiger partial charge in [-0.15, -0.1) is 12.4 Å². The lowest BCUT2D eigenvalue weighted by molar-refractivity contribution is 0.0765. The number of carbonyl (C=O) groups is 1. The minimum absolute atomic E-state index is 0. The normalized spacial score (nSPS) is 22.3. The molecule has 2 aliphatic rings. The molecule has 1 N–H and O–H groups in total. The van der Waals surface area contributed by atoms with Gasteiger partial charge in [-0.1, -0.05) is 17.7 Å². The molecule has 1 aromatic heterocycles. The Hall–Kier alpha value is -1.76. The number of ether oxygens (including phenoxy) is 1. The summed E-state index contributed by atoms with van der Waals surface area (Å²) in [4.78, 5) is 14.6. The Morgan fingerprint density at radius 3 is 2.96 bits per heavy atom. The molecule has 2 saturated heterocycles. The number of rotatable bonds is 4. The quantitative estimate of drug-likeness (QED) is 0.840. The summed E-state index contributed by atoms with van der Waals surface area (Å²) in [7, 11) is 0. The fraction of sp³-hybridized carbons (Fsp3) is 0.474. The molecule has 146 valence electrons. The predicted molar refractivity (Wildman–Crippen MR) is 107 cm³/mol. The maximum Gasteiger partial charge on any atom is 0.274 e. The Morgan fingerprint density at radius 2 is 2.19 bits per heavy atom. The molecular formula is C19H24Cl2N4O2. The molecule has 2 fully saturated rings. The SMILES string of the molecule is Cl.O=C(c1ccn(C2CCCNC2)n1)N1CCC(Oc2cccc(Cl)c2)C1. The van der Waals surface area contributed by atoms with Gasteiger partial charge in [0, 0.05) is 30.7 Å². The zero-order chi connectivity index (χ0) is 17.9. The summed E-state index contributed by atoms with van der Waals surface area (Å²) in [6, 6.07) is 9.52. The Morgan fingerprint density at radius 1 is 1.30 bits per heavy atom. The van der Waals surface area contributed by atoms with Crippen molar-refractivity contribution in [2.24, 2.45) is 0 Å². The lowest BCUT2D eigenvalue weighted by Gasteiger charge is -2.23. The molecule has 27 heavy (non-hydrogen) atoms. The van der Waals surface area contributed by atoms with Crippen LogP contribution in [0.4, 0.5) is 0 Å². The van der Waals surface area contributed by atoms with Crippen molar-refractivity contribution >= 4 is 29.9 Å². The molecule has 3 heterocycles. The molecule has 6 nitrogen and oxygen atoms in total. The van der Waals surface area contributed by atoms with E-state index in [1.165, 1.54) is 0 Å². The molecule has 0 radical (unpaired) electrons. The van der Waals surface area contributed by atoms with E-state index in [1.807, 2.05) is 40.0 Å². The maximum absolute atomic E-state index is 12.8. The number of piperidine rings is 1. The van der Waals surface area contributed by atoms with Crippen LogP contribution in [0.2, 0.25) is 5.02 Å². The van der Waals surface area contributed by atoms with Gasteiger partial charge in [0.2, 0.25) is 0 Å². The van der Waals surface area contributed by atoms with Gasteiger partial charge in [-0.2, -0.15) is 5.10 Å². The highest BCUT2D eigenvalue weighted by Gasteiger charge is 2.30. The highest BCUT2D eigenvalue weighted by molar-refractivity contribution is 6.30. The van der Waals surface area contributed by atoms with Crippen LogP contribution in [0.5, 0.6) is 5.75 Å². The van der Waals surface area contributed by atoms with E-state index in [0.29, 0.717) is 29.8 Å². The number of nitrogens with one attached hydrogen (secondary N) is 1. The molecule has 0 spiro atoms. The maximum atomic E-state index is 12.8. The largest absolute Gasteiger partial charge is 0.488 e. The van der Waals surface area contributed by atoms with E-state index < -0.39 is 0 Å². The highest BCUT2D eigenvalue weighted by Crippen LogP contribution is 2.23. The third-order valence-electron chi connectivity index (χ3n) is 5.00. The van der Waals surface area contributed by atoms with Crippen LogP contribution in [0.1, 0.15) is 35.8 Å². The van der Waals surface area contributed by atoms with Gasteiger partial charge in [0.25, 0.3) is 5.91 Å². The van der Waals surface area contributed by atoms with E-state index in [4.69, 9.17) is 16.3 Å². The molecule has 2 aliphatic heterocycles. The Labute approximate surface area is 170 Å². The van der Waals surface area contributed by atoms with Crippen LogP contribution < -0.4 is 10.1 Å². The molecule has 1 amide bonds. The molecule has 0 aliphatic carbocycles. The second-order valence-electron chi connectivity index (χ2n) is 6.92. The third kappa shape index (κ3) is 4.75. The second kappa shape index (κ2) is 8.95. The Bertz CT molecular complexity index is 777.